The summed E-state index contributed by atoms with van der Waals surface area (Å²) in [6, 6.07) is 6.91. The fraction of sp³-hybridized carbons (Fsp3) is 0. The van der Waals surface area contributed by atoms with Gasteiger partial charge in [-0.3, -0.25) is 9.59 Å². The van der Waals surface area contributed by atoms with Gasteiger partial charge in [0.25, 0.3) is 0 Å². The highest BCUT2D eigenvalue weighted by Gasteiger charge is 2.30. The van der Waals surface area contributed by atoms with E-state index in [0.717, 1.165) is 0 Å². The third-order valence-corrected chi connectivity index (χ3v) is 1.98. The first-order chi connectivity index (χ1) is 5.72. The summed E-state index contributed by atoms with van der Waals surface area (Å²) in [7, 11) is 0. The van der Waals surface area contributed by atoms with Crippen LogP contribution >= 0.6 is 0 Å². The Morgan fingerprint density at radius 3 is 2.08 bits per heavy atom. The normalized spacial score (nSPS) is 15.2. The summed E-state index contributed by atoms with van der Waals surface area (Å²) in [4.78, 5) is 22.3. The van der Waals surface area contributed by atoms with Crippen molar-refractivity contribution in [3.8, 4) is 0 Å². The SMILES string of the molecule is C=C1C(=O)C(=O)c2ccccc21. The van der Waals surface area contributed by atoms with Crippen LogP contribution in [-0.2, 0) is 4.79 Å². The molecule has 1 aliphatic carbocycles. The van der Waals surface area contributed by atoms with Gasteiger partial charge in [-0.05, 0) is 5.56 Å². The summed E-state index contributed by atoms with van der Waals surface area (Å²) in [5, 5.41) is 0. The highest BCUT2D eigenvalue weighted by Crippen LogP contribution is 2.27. The molecule has 1 aliphatic rings. The summed E-state index contributed by atoms with van der Waals surface area (Å²) in [6.45, 7) is 3.56. The van der Waals surface area contributed by atoms with E-state index < -0.39 is 11.6 Å². The second-order valence-electron chi connectivity index (χ2n) is 2.68. The van der Waals surface area contributed by atoms with E-state index in [1.165, 1.54) is 0 Å². The van der Waals surface area contributed by atoms with Crippen molar-refractivity contribution in [1.29, 1.82) is 0 Å². The predicted molar refractivity (Wildman–Crippen MR) is 44.8 cm³/mol. The van der Waals surface area contributed by atoms with E-state index in [4.69, 9.17) is 0 Å². The molecule has 0 fully saturated rings. The van der Waals surface area contributed by atoms with E-state index in [9.17, 15) is 9.59 Å². The van der Waals surface area contributed by atoms with Crippen LogP contribution in [0.3, 0.4) is 0 Å². The van der Waals surface area contributed by atoms with E-state index in [0.29, 0.717) is 16.7 Å². The predicted octanol–water partition coefficient (Wildman–Crippen LogP) is 1.47. The molecule has 0 heterocycles. The quantitative estimate of drug-likeness (QED) is 0.423. The Balaban J connectivity index is 2.76. The van der Waals surface area contributed by atoms with Crippen LogP contribution in [0, 0.1) is 0 Å². The lowest BCUT2D eigenvalue weighted by atomic mass is 10.1. The molecule has 0 bridgehead atoms. The number of ketones is 2. The number of benzene rings is 1. The van der Waals surface area contributed by atoms with Crippen LogP contribution in [0.15, 0.2) is 30.8 Å². The molecule has 0 aliphatic heterocycles. The van der Waals surface area contributed by atoms with Crippen molar-refractivity contribution in [3.63, 3.8) is 0 Å². The molecule has 0 amide bonds. The number of carbonyl (C=O) groups excluding carboxylic acids is 2. The molecular formula is C10H6O2. The van der Waals surface area contributed by atoms with Gasteiger partial charge in [-0.25, -0.2) is 0 Å². The molecule has 0 radical (unpaired) electrons. The van der Waals surface area contributed by atoms with Crippen molar-refractivity contribution in [2.75, 3.05) is 0 Å². The van der Waals surface area contributed by atoms with Crippen molar-refractivity contribution in [2.45, 2.75) is 0 Å². The minimum Gasteiger partial charge on any atom is -0.285 e. The van der Waals surface area contributed by atoms with Crippen LogP contribution < -0.4 is 0 Å². The lowest BCUT2D eigenvalue weighted by Gasteiger charge is -1.92. The number of rotatable bonds is 0. The summed E-state index contributed by atoms with van der Waals surface area (Å²) < 4.78 is 0. The minimum atomic E-state index is -0.476. The average Bonchev–Trinajstić information content (AvgIpc) is 2.33. The molecule has 2 rings (SSSR count). The maximum atomic E-state index is 11.2. The highest BCUT2D eigenvalue weighted by molar-refractivity contribution is 6.62. The van der Waals surface area contributed by atoms with Gasteiger partial charge in [0.1, 0.15) is 0 Å². The maximum Gasteiger partial charge on any atom is 0.234 e. The summed E-state index contributed by atoms with van der Waals surface area (Å²) in [6.07, 6.45) is 0. The topological polar surface area (TPSA) is 34.1 Å². The first kappa shape index (κ1) is 6.98. The summed E-state index contributed by atoms with van der Waals surface area (Å²) in [5.74, 6) is -0.910. The van der Waals surface area contributed by atoms with Crippen LogP contribution in [-0.4, -0.2) is 11.6 Å². The smallest absolute Gasteiger partial charge is 0.234 e. The third kappa shape index (κ3) is 0.691. The van der Waals surface area contributed by atoms with Crippen molar-refractivity contribution < 1.29 is 9.59 Å². The number of Topliss-reactive ketones (excluding diaryl/α,β-unsaturated/α-hetero) is 2. The van der Waals surface area contributed by atoms with Crippen LogP contribution in [0.4, 0.5) is 0 Å². The number of allylic oxidation sites excluding steroid dienone is 1. The first-order valence-corrected chi connectivity index (χ1v) is 3.59. The fourth-order valence-corrected chi connectivity index (χ4v) is 1.33. The van der Waals surface area contributed by atoms with Gasteiger partial charge in [-0.1, -0.05) is 30.8 Å². The highest BCUT2D eigenvalue weighted by atomic mass is 16.2. The summed E-state index contributed by atoms with van der Waals surface area (Å²) in [5.41, 5.74) is 1.47. The molecule has 2 heteroatoms. The van der Waals surface area contributed by atoms with Crippen LogP contribution in [0.25, 0.3) is 5.57 Å². The standard InChI is InChI=1S/C10H6O2/c1-6-7-4-2-3-5-8(7)10(12)9(6)11/h2-5H,1H2. The van der Waals surface area contributed by atoms with E-state index >= 15 is 0 Å². The molecule has 0 aromatic heterocycles. The molecule has 0 saturated carbocycles. The third-order valence-electron chi connectivity index (χ3n) is 1.98. The molecule has 0 N–H and O–H groups in total. The Kier molecular flexibility index (Phi) is 1.24. The Labute approximate surface area is 69.5 Å². The fourth-order valence-electron chi connectivity index (χ4n) is 1.33. The van der Waals surface area contributed by atoms with Crippen LogP contribution in [0.2, 0.25) is 0 Å². The van der Waals surface area contributed by atoms with E-state index in [1.807, 2.05) is 0 Å². The zero-order chi connectivity index (χ0) is 8.72. The van der Waals surface area contributed by atoms with Crippen molar-refractivity contribution in [1.82, 2.24) is 0 Å². The maximum absolute atomic E-state index is 11.2. The number of carbonyl (C=O) groups is 2. The second-order valence-corrected chi connectivity index (χ2v) is 2.68. The Morgan fingerprint density at radius 2 is 1.50 bits per heavy atom. The minimum absolute atomic E-state index is 0.315. The Hall–Kier alpha value is -1.70. The van der Waals surface area contributed by atoms with Crippen molar-refractivity contribution >= 4 is 17.1 Å². The van der Waals surface area contributed by atoms with Gasteiger partial charge < -0.3 is 0 Å². The van der Waals surface area contributed by atoms with Gasteiger partial charge in [0.15, 0.2) is 0 Å². The van der Waals surface area contributed by atoms with E-state index in [-0.39, 0.29) is 0 Å². The number of hydrogen-bond donors (Lipinski definition) is 0. The molecule has 0 atom stereocenters. The molecule has 0 unspecified atom stereocenters. The van der Waals surface area contributed by atoms with Gasteiger partial charge in [0.05, 0.1) is 0 Å². The van der Waals surface area contributed by atoms with Crippen molar-refractivity contribution in [3.05, 3.63) is 42.0 Å². The van der Waals surface area contributed by atoms with Crippen LogP contribution in [0.5, 0.6) is 0 Å². The molecule has 1 aromatic carbocycles. The molecule has 0 spiro atoms. The first-order valence-electron chi connectivity index (χ1n) is 3.59. The molecule has 1 aromatic rings. The average molecular weight is 158 g/mol. The number of hydrogen-bond acceptors (Lipinski definition) is 2. The van der Waals surface area contributed by atoms with Gasteiger partial charge in [0, 0.05) is 11.1 Å². The number of fused-ring (bicyclic) bond motifs is 1. The van der Waals surface area contributed by atoms with Gasteiger partial charge in [-0.15, -0.1) is 0 Å². The zero-order valence-corrected chi connectivity index (χ0v) is 6.33. The molecule has 12 heavy (non-hydrogen) atoms. The molecule has 58 valence electrons. The molecule has 2 nitrogen and oxygen atoms in total. The molecular weight excluding hydrogens is 152 g/mol. The lowest BCUT2D eigenvalue weighted by Crippen LogP contribution is -2.04. The Morgan fingerprint density at radius 1 is 0.917 bits per heavy atom. The Bertz CT molecular complexity index is 365. The molecule has 0 saturated heterocycles. The monoisotopic (exact) mass is 158 g/mol. The van der Waals surface area contributed by atoms with E-state index in [1.54, 1.807) is 24.3 Å². The van der Waals surface area contributed by atoms with Gasteiger partial charge in [0.2, 0.25) is 11.6 Å². The summed E-state index contributed by atoms with van der Waals surface area (Å²) >= 11 is 0. The van der Waals surface area contributed by atoms with E-state index in [2.05, 4.69) is 6.58 Å². The lowest BCUT2D eigenvalue weighted by molar-refractivity contribution is -0.109. The largest absolute Gasteiger partial charge is 0.285 e. The van der Waals surface area contributed by atoms with Crippen LogP contribution in [0.1, 0.15) is 15.9 Å². The second kappa shape index (κ2) is 2.14. The zero-order valence-electron chi connectivity index (χ0n) is 6.33. The van der Waals surface area contributed by atoms with Gasteiger partial charge in [-0.2, -0.15) is 0 Å². The van der Waals surface area contributed by atoms with Crippen molar-refractivity contribution in [2.24, 2.45) is 0 Å². The van der Waals surface area contributed by atoms with Gasteiger partial charge >= 0.3 is 0 Å².